The molecule has 0 bridgehead atoms. The summed E-state index contributed by atoms with van der Waals surface area (Å²) >= 11 is 6.47. The zero-order valence-corrected chi connectivity index (χ0v) is 20.4. The van der Waals surface area contributed by atoms with Crippen LogP contribution in [0, 0.1) is 11.8 Å². The van der Waals surface area contributed by atoms with Gasteiger partial charge in [0.1, 0.15) is 5.76 Å². The van der Waals surface area contributed by atoms with Crippen LogP contribution >= 0.6 is 11.6 Å². The van der Waals surface area contributed by atoms with Gasteiger partial charge in [-0.2, -0.15) is 5.10 Å². The van der Waals surface area contributed by atoms with E-state index >= 15 is 0 Å². The third-order valence-electron chi connectivity index (χ3n) is 4.49. The van der Waals surface area contributed by atoms with Gasteiger partial charge in [-0.1, -0.05) is 55.6 Å². The number of anilines is 1. The molecule has 10 heteroatoms. The van der Waals surface area contributed by atoms with Gasteiger partial charge in [0.2, 0.25) is 11.7 Å². The second-order valence-electron chi connectivity index (χ2n) is 6.70. The first-order valence-corrected chi connectivity index (χ1v) is 10.7. The molecular formula is C26H26ClN7O2. The van der Waals surface area contributed by atoms with Crippen LogP contribution in [-0.2, 0) is 4.74 Å². The van der Waals surface area contributed by atoms with Crippen LogP contribution in [0.4, 0.5) is 5.69 Å². The Kier molecular flexibility index (Phi) is 10.4. The van der Waals surface area contributed by atoms with Gasteiger partial charge in [-0.15, -0.1) is 5.10 Å². The first-order chi connectivity index (χ1) is 17.4. The largest absolute Gasteiger partial charge is 0.481 e. The number of hydrogen-bond acceptors (Lipinski definition) is 8. The molecule has 0 radical (unpaired) electrons. The van der Waals surface area contributed by atoms with E-state index in [0.29, 0.717) is 33.4 Å². The van der Waals surface area contributed by atoms with Gasteiger partial charge in [-0.3, -0.25) is 4.90 Å². The van der Waals surface area contributed by atoms with E-state index in [-0.39, 0.29) is 17.5 Å². The van der Waals surface area contributed by atoms with Crippen molar-refractivity contribution >= 4 is 34.8 Å². The van der Waals surface area contributed by atoms with Crippen molar-refractivity contribution in [3.8, 4) is 17.7 Å². The van der Waals surface area contributed by atoms with E-state index < -0.39 is 0 Å². The minimum Gasteiger partial charge on any atom is -0.481 e. The molecule has 0 saturated carbocycles. The Bertz CT molecular complexity index is 1320. The maximum absolute atomic E-state index is 6.47. The van der Waals surface area contributed by atoms with Crippen LogP contribution in [0.3, 0.4) is 0 Å². The molecule has 0 aliphatic carbocycles. The molecule has 1 heterocycles. The average Bonchev–Trinajstić information content (AvgIpc) is 2.90. The van der Waals surface area contributed by atoms with Crippen LogP contribution < -0.4 is 27.1 Å². The second kappa shape index (κ2) is 13.7. The highest BCUT2D eigenvalue weighted by Crippen LogP contribution is 2.31. The molecule has 2 aromatic rings. The predicted octanol–water partition coefficient (Wildman–Crippen LogP) is 3.88. The summed E-state index contributed by atoms with van der Waals surface area (Å²) in [6.07, 6.45) is 7.84. The average molecular weight is 504 g/mol. The Morgan fingerprint density at radius 1 is 1.17 bits per heavy atom. The molecule has 36 heavy (non-hydrogen) atoms. The Morgan fingerprint density at radius 2 is 1.92 bits per heavy atom. The Balaban J connectivity index is 2.46. The molecule has 0 unspecified atom stereocenters. The molecule has 2 rings (SSSR count). The summed E-state index contributed by atoms with van der Waals surface area (Å²) < 4.78 is 10.7. The van der Waals surface area contributed by atoms with Gasteiger partial charge in [0.15, 0.2) is 0 Å². The summed E-state index contributed by atoms with van der Waals surface area (Å²) in [5.41, 5.74) is 7.75. The smallest absolute Gasteiger partial charge is 0.290 e. The van der Waals surface area contributed by atoms with Gasteiger partial charge in [0.25, 0.3) is 5.90 Å². The van der Waals surface area contributed by atoms with Gasteiger partial charge in [0.05, 0.1) is 17.8 Å². The molecule has 184 valence electrons. The van der Waals surface area contributed by atoms with Crippen LogP contribution in [0.5, 0.6) is 5.88 Å². The Hall–Kier alpha value is -4.94. The Labute approximate surface area is 215 Å². The fourth-order valence-electron chi connectivity index (χ4n) is 2.84. The molecule has 0 atom stereocenters. The molecule has 0 amide bonds. The third kappa shape index (κ3) is 7.03. The molecule has 0 saturated heterocycles. The number of nitrogens with two attached hydrogens (primary N) is 3. The number of pyridine rings is 1. The van der Waals surface area contributed by atoms with Gasteiger partial charge >= 0.3 is 0 Å². The van der Waals surface area contributed by atoms with Gasteiger partial charge < -0.3 is 26.9 Å². The van der Waals surface area contributed by atoms with E-state index in [2.05, 4.69) is 46.8 Å². The number of rotatable bonds is 8. The Morgan fingerprint density at radius 3 is 2.53 bits per heavy atom. The summed E-state index contributed by atoms with van der Waals surface area (Å²) in [6.45, 7) is 11.8. The molecule has 1 aromatic carbocycles. The van der Waals surface area contributed by atoms with Crippen molar-refractivity contribution in [2.45, 2.75) is 0 Å². The minimum atomic E-state index is -0.148. The van der Waals surface area contributed by atoms with Crippen molar-refractivity contribution < 1.29 is 9.47 Å². The molecule has 1 aromatic heterocycles. The highest BCUT2D eigenvalue weighted by atomic mass is 35.5. The first-order valence-electron chi connectivity index (χ1n) is 10.3. The lowest BCUT2D eigenvalue weighted by molar-refractivity contribution is 0.397. The minimum absolute atomic E-state index is 0.0643. The number of ether oxygens (including phenoxy) is 2. The predicted molar refractivity (Wildman–Crippen MR) is 147 cm³/mol. The molecular weight excluding hydrogens is 478 g/mol. The lowest BCUT2D eigenvalue weighted by Crippen LogP contribution is -2.31. The number of amidine groups is 1. The number of hydrogen-bond donors (Lipinski definition) is 3. The topological polar surface area (TPSA) is 137 Å². The van der Waals surface area contributed by atoms with E-state index in [0.717, 1.165) is 0 Å². The van der Waals surface area contributed by atoms with E-state index in [9.17, 15) is 0 Å². The van der Waals surface area contributed by atoms with Gasteiger partial charge in [-0.05, 0) is 42.0 Å². The molecule has 0 aliphatic rings. The van der Waals surface area contributed by atoms with E-state index in [1.807, 2.05) is 0 Å². The standard InChI is InChI=1S/C26H26ClN7O2/c1-5-8-20(13-15-28)18(2)34(23-10-7-6-9-22(23)27)24(32-29)11-12-25(33-30)36-19(3)21-14-16-31-26(17-21)35-4/h5-10,13-17H,1-3,28-30H2,4H3/b15-13-,20-8+,32-24-,33-25-. The van der Waals surface area contributed by atoms with Crippen LogP contribution in [-0.4, -0.2) is 23.8 Å². The summed E-state index contributed by atoms with van der Waals surface area (Å²) in [4.78, 5) is 5.60. The second-order valence-corrected chi connectivity index (χ2v) is 7.11. The third-order valence-corrected chi connectivity index (χ3v) is 4.81. The van der Waals surface area contributed by atoms with Crippen molar-refractivity contribution in [2.75, 3.05) is 12.0 Å². The van der Waals surface area contributed by atoms with Crippen molar-refractivity contribution in [1.82, 2.24) is 4.98 Å². The van der Waals surface area contributed by atoms with Crippen molar-refractivity contribution in [2.24, 2.45) is 27.6 Å². The number of hydrazone groups is 2. The number of para-hydroxylation sites is 1. The maximum Gasteiger partial charge on any atom is 0.290 e. The normalized spacial score (nSPS) is 11.9. The van der Waals surface area contributed by atoms with Crippen molar-refractivity contribution in [3.63, 3.8) is 0 Å². The van der Waals surface area contributed by atoms with E-state index in [4.69, 9.17) is 38.5 Å². The number of allylic oxidation sites excluding steroid dienone is 3. The number of halogens is 1. The van der Waals surface area contributed by atoms with E-state index in [1.54, 1.807) is 65.7 Å². The molecule has 9 nitrogen and oxygen atoms in total. The molecule has 6 N–H and O–H groups in total. The van der Waals surface area contributed by atoms with Gasteiger partial charge in [-0.25, -0.2) is 4.98 Å². The van der Waals surface area contributed by atoms with Crippen molar-refractivity contribution in [1.29, 1.82) is 0 Å². The SMILES string of the molecule is C=C/C=C(\C=C/N)C(=C)N(/C(C#C/C(=N/N)OC(=C)c1ccnc(OC)c1)=N\N)c1ccccc1Cl. The number of aromatic nitrogens is 1. The lowest BCUT2D eigenvalue weighted by Gasteiger charge is -2.26. The number of nitrogens with zero attached hydrogens (tertiary/aromatic N) is 4. The van der Waals surface area contributed by atoms with Crippen LogP contribution in [0.25, 0.3) is 5.76 Å². The van der Waals surface area contributed by atoms with Gasteiger partial charge in [0, 0.05) is 29.4 Å². The highest BCUT2D eigenvalue weighted by Gasteiger charge is 2.20. The fraction of sp³-hybridized carbons (Fsp3) is 0.0385. The lowest BCUT2D eigenvalue weighted by atomic mass is 10.1. The summed E-state index contributed by atoms with van der Waals surface area (Å²) in [5.74, 6) is 17.3. The highest BCUT2D eigenvalue weighted by molar-refractivity contribution is 6.34. The van der Waals surface area contributed by atoms with Crippen LogP contribution in [0.1, 0.15) is 5.56 Å². The van der Waals surface area contributed by atoms with Crippen molar-refractivity contribution in [3.05, 3.63) is 109 Å². The number of methoxy groups -OCH3 is 1. The summed E-state index contributed by atoms with van der Waals surface area (Å²) in [7, 11) is 1.50. The molecule has 0 spiro atoms. The fourth-order valence-corrected chi connectivity index (χ4v) is 3.06. The molecule has 0 aliphatic heterocycles. The maximum atomic E-state index is 6.47. The van der Waals surface area contributed by atoms with Crippen LogP contribution in [0.15, 0.2) is 108 Å². The zero-order chi connectivity index (χ0) is 26.5. The quantitative estimate of drug-likeness (QED) is 0.0944. The van der Waals surface area contributed by atoms with E-state index in [1.165, 1.54) is 13.3 Å². The number of benzene rings is 1. The first kappa shape index (κ1) is 27.3. The summed E-state index contributed by atoms with van der Waals surface area (Å²) in [5, 5.41) is 7.83. The molecule has 0 fully saturated rings. The monoisotopic (exact) mass is 503 g/mol. The summed E-state index contributed by atoms with van der Waals surface area (Å²) in [6, 6.07) is 10.4. The zero-order valence-electron chi connectivity index (χ0n) is 19.7. The van der Waals surface area contributed by atoms with Crippen LogP contribution in [0.2, 0.25) is 5.02 Å².